The molecule has 2 N–H and O–H groups in total. The fraction of sp³-hybridized carbons (Fsp3) is 0.429. The van der Waals surface area contributed by atoms with Gasteiger partial charge in [0, 0.05) is 16.1 Å². The third-order valence-corrected chi connectivity index (χ3v) is 6.72. The van der Waals surface area contributed by atoms with E-state index in [0.29, 0.717) is 10.3 Å². The summed E-state index contributed by atoms with van der Waals surface area (Å²) in [6.07, 6.45) is 0.850. The maximum Gasteiger partial charge on any atom is 0.242 e. The van der Waals surface area contributed by atoms with Crippen LogP contribution in [0.1, 0.15) is 25.1 Å². The Morgan fingerprint density at radius 3 is 2.65 bits per heavy atom. The van der Waals surface area contributed by atoms with E-state index in [2.05, 4.69) is 4.72 Å². The molecule has 0 bridgehead atoms. The van der Waals surface area contributed by atoms with E-state index in [0.717, 1.165) is 11.1 Å². The highest BCUT2D eigenvalue weighted by Gasteiger charge is 2.48. The van der Waals surface area contributed by atoms with Crippen molar-refractivity contribution in [1.82, 2.24) is 4.72 Å². The molecule has 1 unspecified atom stereocenters. The van der Waals surface area contributed by atoms with Gasteiger partial charge in [-0.3, -0.25) is 0 Å². The summed E-state index contributed by atoms with van der Waals surface area (Å²) in [4.78, 5) is 0.737. The highest BCUT2D eigenvalue weighted by Crippen LogP contribution is 2.46. The second kappa shape index (κ2) is 4.53. The maximum atomic E-state index is 12.6. The molecule has 1 fully saturated rings. The number of fused-ring (bicyclic) bond motifs is 1. The Bertz CT molecular complexity index is 762. The molecule has 2 aromatic rings. The van der Waals surface area contributed by atoms with Crippen molar-refractivity contribution in [3.8, 4) is 0 Å². The molecule has 1 heterocycles. The Labute approximate surface area is 122 Å². The van der Waals surface area contributed by atoms with Crippen LogP contribution in [0.15, 0.2) is 29.2 Å². The second-order valence-electron chi connectivity index (χ2n) is 5.88. The van der Waals surface area contributed by atoms with E-state index in [4.69, 9.17) is 0 Å². The molecule has 3 rings (SSSR count). The van der Waals surface area contributed by atoms with Crippen LogP contribution in [-0.4, -0.2) is 19.6 Å². The molecule has 0 aliphatic heterocycles. The summed E-state index contributed by atoms with van der Waals surface area (Å²) in [5.41, 5.74) is 0.0261. The second-order valence-corrected chi connectivity index (χ2v) is 8.66. The number of aliphatic hydroxyl groups is 1. The zero-order valence-corrected chi connectivity index (χ0v) is 13.0. The van der Waals surface area contributed by atoms with Gasteiger partial charge in [0.25, 0.3) is 0 Å². The number of aliphatic hydroxyl groups excluding tert-OH is 1. The molecule has 1 saturated carbocycles. The van der Waals surface area contributed by atoms with Crippen molar-refractivity contribution >= 4 is 31.4 Å². The number of rotatable bonds is 4. The van der Waals surface area contributed by atoms with Gasteiger partial charge in [0.15, 0.2) is 0 Å². The number of sulfonamides is 1. The first kappa shape index (κ1) is 14.0. The molecule has 20 heavy (non-hydrogen) atoms. The average molecular weight is 311 g/mol. The molecule has 0 saturated heterocycles. The van der Waals surface area contributed by atoms with E-state index in [1.807, 2.05) is 32.0 Å². The fourth-order valence-electron chi connectivity index (χ4n) is 2.39. The Balaban J connectivity index is 2.08. The Hall–Kier alpha value is -0.950. The quantitative estimate of drug-likeness (QED) is 0.911. The molecular weight excluding hydrogens is 294 g/mol. The number of thiophene rings is 1. The molecule has 0 radical (unpaired) electrons. The summed E-state index contributed by atoms with van der Waals surface area (Å²) in [5.74, 6) is 0. The van der Waals surface area contributed by atoms with Crippen LogP contribution in [0.25, 0.3) is 10.1 Å². The van der Waals surface area contributed by atoms with Crippen molar-refractivity contribution in [1.29, 1.82) is 0 Å². The lowest BCUT2D eigenvalue weighted by atomic mass is 10.2. The van der Waals surface area contributed by atoms with Crippen LogP contribution in [0.3, 0.4) is 0 Å². The summed E-state index contributed by atoms with van der Waals surface area (Å²) in [5, 5.41) is 10.1. The van der Waals surface area contributed by atoms with E-state index in [1.165, 1.54) is 11.3 Å². The van der Waals surface area contributed by atoms with E-state index in [1.54, 1.807) is 6.07 Å². The number of hydrogen-bond acceptors (Lipinski definition) is 4. The zero-order chi connectivity index (χ0) is 14.5. The highest BCUT2D eigenvalue weighted by molar-refractivity contribution is 7.90. The molecule has 6 heteroatoms. The topological polar surface area (TPSA) is 66.4 Å². The maximum absolute atomic E-state index is 12.6. The Morgan fingerprint density at radius 2 is 2.05 bits per heavy atom. The van der Waals surface area contributed by atoms with Crippen LogP contribution in [-0.2, 0) is 16.6 Å². The van der Waals surface area contributed by atoms with Crippen LogP contribution in [0.4, 0.5) is 0 Å². The molecule has 1 aromatic heterocycles. The molecule has 1 atom stereocenters. The third kappa shape index (κ3) is 2.26. The van der Waals surface area contributed by atoms with Gasteiger partial charge in [0.2, 0.25) is 10.0 Å². The van der Waals surface area contributed by atoms with Gasteiger partial charge in [-0.05, 0) is 17.9 Å². The summed E-state index contributed by atoms with van der Waals surface area (Å²) >= 11 is 1.33. The SMILES string of the molecule is CC1(C)CC1NS(=O)(=O)c1c(CO)sc2ccccc12. The van der Waals surface area contributed by atoms with E-state index < -0.39 is 10.0 Å². The standard InChI is InChI=1S/C14H17NO3S2/c1-14(2)7-12(14)15-20(17,18)13-9-5-3-4-6-10(9)19-11(13)8-16/h3-6,12,15-16H,7-8H2,1-2H3. The minimum atomic E-state index is -3.59. The molecule has 1 aliphatic rings. The van der Waals surface area contributed by atoms with Crippen LogP contribution < -0.4 is 4.72 Å². The van der Waals surface area contributed by atoms with Crippen molar-refractivity contribution in [2.75, 3.05) is 0 Å². The minimum absolute atomic E-state index is 0.0160. The molecule has 1 aromatic carbocycles. The molecule has 108 valence electrons. The van der Waals surface area contributed by atoms with E-state index >= 15 is 0 Å². The lowest BCUT2D eigenvalue weighted by Crippen LogP contribution is -2.29. The van der Waals surface area contributed by atoms with Crippen molar-refractivity contribution in [3.63, 3.8) is 0 Å². The Morgan fingerprint density at radius 1 is 1.40 bits per heavy atom. The molecule has 1 aliphatic carbocycles. The van der Waals surface area contributed by atoms with Crippen LogP contribution in [0.5, 0.6) is 0 Å². The average Bonchev–Trinajstić information content (AvgIpc) is 2.84. The monoisotopic (exact) mass is 311 g/mol. The van der Waals surface area contributed by atoms with Crippen LogP contribution >= 0.6 is 11.3 Å². The molecular formula is C14H17NO3S2. The summed E-state index contributed by atoms with van der Waals surface area (Å²) < 4.78 is 28.9. The van der Waals surface area contributed by atoms with Gasteiger partial charge in [-0.15, -0.1) is 11.3 Å². The predicted octanol–water partition coefficient (Wildman–Crippen LogP) is 2.47. The van der Waals surface area contributed by atoms with Gasteiger partial charge in [0.05, 0.1) is 11.5 Å². The lowest BCUT2D eigenvalue weighted by molar-refractivity contribution is 0.283. The normalized spacial score (nSPS) is 21.2. The number of benzene rings is 1. The first-order chi connectivity index (χ1) is 9.35. The molecule has 0 spiro atoms. The van der Waals surface area contributed by atoms with Crippen molar-refractivity contribution in [3.05, 3.63) is 29.1 Å². The van der Waals surface area contributed by atoms with Gasteiger partial charge in [-0.2, -0.15) is 0 Å². The first-order valence-corrected chi connectivity index (χ1v) is 8.79. The van der Waals surface area contributed by atoms with E-state index in [-0.39, 0.29) is 23.0 Å². The van der Waals surface area contributed by atoms with Crippen LogP contribution in [0.2, 0.25) is 0 Å². The smallest absolute Gasteiger partial charge is 0.242 e. The first-order valence-electron chi connectivity index (χ1n) is 6.49. The van der Waals surface area contributed by atoms with Gasteiger partial charge >= 0.3 is 0 Å². The summed E-state index contributed by atoms with van der Waals surface area (Å²) in [6.45, 7) is 3.82. The summed E-state index contributed by atoms with van der Waals surface area (Å²) in [7, 11) is -3.59. The van der Waals surface area contributed by atoms with Crippen molar-refractivity contribution < 1.29 is 13.5 Å². The highest BCUT2D eigenvalue weighted by atomic mass is 32.2. The predicted molar refractivity (Wildman–Crippen MR) is 80.3 cm³/mol. The minimum Gasteiger partial charge on any atom is -0.391 e. The van der Waals surface area contributed by atoms with Crippen LogP contribution in [0, 0.1) is 5.41 Å². The number of nitrogens with one attached hydrogen (secondary N) is 1. The van der Waals surface area contributed by atoms with Gasteiger partial charge in [-0.1, -0.05) is 32.0 Å². The van der Waals surface area contributed by atoms with Crippen molar-refractivity contribution in [2.45, 2.75) is 37.8 Å². The summed E-state index contributed by atoms with van der Waals surface area (Å²) in [6, 6.07) is 7.33. The third-order valence-electron chi connectivity index (χ3n) is 3.84. The number of hydrogen-bond donors (Lipinski definition) is 2. The largest absolute Gasteiger partial charge is 0.391 e. The Kier molecular flexibility index (Phi) is 3.17. The fourth-order valence-corrected chi connectivity index (χ4v) is 5.59. The molecule has 4 nitrogen and oxygen atoms in total. The zero-order valence-electron chi connectivity index (χ0n) is 11.4. The van der Waals surface area contributed by atoms with E-state index in [9.17, 15) is 13.5 Å². The van der Waals surface area contributed by atoms with Crippen molar-refractivity contribution in [2.24, 2.45) is 5.41 Å². The van der Waals surface area contributed by atoms with Gasteiger partial charge in [-0.25, -0.2) is 13.1 Å². The lowest BCUT2D eigenvalue weighted by Gasteiger charge is -2.09. The molecule has 0 amide bonds. The van der Waals surface area contributed by atoms with Gasteiger partial charge in [0.1, 0.15) is 4.90 Å². The van der Waals surface area contributed by atoms with Gasteiger partial charge < -0.3 is 5.11 Å².